The molecule has 0 aromatic carbocycles. The molecule has 17 heavy (non-hydrogen) atoms. The molecule has 1 fully saturated rings. The summed E-state index contributed by atoms with van der Waals surface area (Å²) in [5.41, 5.74) is 0. The molecule has 0 saturated carbocycles. The Labute approximate surface area is 109 Å². The molecule has 1 atom stereocenters. The van der Waals surface area contributed by atoms with Gasteiger partial charge in [-0.1, -0.05) is 0 Å². The van der Waals surface area contributed by atoms with E-state index >= 15 is 0 Å². The van der Waals surface area contributed by atoms with Gasteiger partial charge in [-0.3, -0.25) is 9.59 Å². The van der Waals surface area contributed by atoms with Crippen LogP contribution in [0.1, 0.15) is 26.7 Å². The Kier molecular flexibility index (Phi) is 7.15. The SMILES string of the molecule is CC(C)NC(=O)CN(C)C(=O)[C@@H]1CCCN1.Cl. The molecule has 6 heteroatoms. The average Bonchev–Trinajstić information content (AvgIpc) is 2.67. The van der Waals surface area contributed by atoms with Crippen LogP contribution in [0.25, 0.3) is 0 Å². The van der Waals surface area contributed by atoms with Crippen molar-refractivity contribution in [3.63, 3.8) is 0 Å². The van der Waals surface area contributed by atoms with Crippen molar-refractivity contribution in [3.8, 4) is 0 Å². The summed E-state index contributed by atoms with van der Waals surface area (Å²) in [6.45, 7) is 4.83. The lowest BCUT2D eigenvalue weighted by molar-refractivity contribution is -0.136. The Morgan fingerprint density at radius 2 is 2.12 bits per heavy atom. The van der Waals surface area contributed by atoms with Crippen LogP contribution in [0.3, 0.4) is 0 Å². The summed E-state index contributed by atoms with van der Waals surface area (Å²) in [6.07, 6.45) is 1.90. The molecule has 5 nitrogen and oxygen atoms in total. The molecule has 0 aliphatic carbocycles. The zero-order valence-corrected chi connectivity index (χ0v) is 11.5. The fourth-order valence-electron chi connectivity index (χ4n) is 1.82. The quantitative estimate of drug-likeness (QED) is 0.759. The second-order valence-corrected chi connectivity index (χ2v) is 4.57. The number of nitrogens with one attached hydrogen (secondary N) is 2. The number of rotatable bonds is 4. The van der Waals surface area contributed by atoms with Crippen molar-refractivity contribution in [1.29, 1.82) is 0 Å². The number of carbonyl (C=O) groups excluding carboxylic acids is 2. The van der Waals surface area contributed by atoms with Gasteiger partial charge < -0.3 is 15.5 Å². The van der Waals surface area contributed by atoms with Crippen molar-refractivity contribution in [2.45, 2.75) is 38.8 Å². The van der Waals surface area contributed by atoms with Crippen LogP contribution in [0.15, 0.2) is 0 Å². The van der Waals surface area contributed by atoms with Gasteiger partial charge in [-0.05, 0) is 33.2 Å². The van der Waals surface area contributed by atoms with Gasteiger partial charge in [0, 0.05) is 13.1 Å². The summed E-state index contributed by atoms with van der Waals surface area (Å²) in [5, 5.41) is 5.89. The third-order valence-electron chi connectivity index (χ3n) is 2.57. The van der Waals surface area contributed by atoms with Crippen LogP contribution in [-0.2, 0) is 9.59 Å². The smallest absolute Gasteiger partial charge is 0.239 e. The van der Waals surface area contributed by atoms with E-state index in [-0.39, 0.29) is 42.8 Å². The molecule has 0 spiro atoms. The molecule has 1 rings (SSSR count). The Hall–Kier alpha value is -0.810. The summed E-state index contributed by atoms with van der Waals surface area (Å²) in [6, 6.07) is 0.0115. The molecule has 0 aromatic rings. The number of amides is 2. The summed E-state index contributed by atoms with van der Waals surface area (Å²) in [5.74, 6) is -0.0970. The number of hydrogen-bond donors (Lipinski definition) is 2. The zero-order chi connectivity index (χ0) is 12.1. The molecule has 2 N–H and O–H groups in total. The van der Waals surface area contributed by atoms with E-state index in [1.54, 1.807) is 7.05 Å². The van der Waals surface area contributed by atoms with E-state index in [4.69, 9.17) is 0 Å². The fraction of sp³-hybridized carbons (Fsp3) is 0.818. The molecule has 1 heterocycles. The minimum absolute atomic E-state index is 0. The molecule has 0 bridgehead atoms. The average molecular weight is 264 g/mol. The van der Waals surface area contributed by atoms with E-state index in [0.29, 0.717) is 0 Å². The fourth-order valence-corrected chi connectivity index (χ4v) is 1.82. The Balaban J connectivity index is 0.00000256. The van der Waals surface area contributed by atoms with Crippen molar-refractivity contribution < 1.29 is 9.59 Å². The van der Waals surface area contributed by atoms with Gasteiger partial charge >= 0.3 is 0 Å². The van der Waals surface area contributed by atoms with E-state index in [1.165, 1.54) is 4.90 Å². The number of carbonyl (C=O) groups is 2. The molecule has 100 valence electrons. The predicted octanol–water partition coefficient (Wildman–Crippen LogP) is 0.143. The van der Waals surface area contributed by atoms with E-state index in [1.807, 2.05) is 13.8 Å². The van der Waals surface area contributed by atoms with Gasteiger partial charge in [0.1, 0.15) is 0 Å². The van der Waals surface area contributed by atoms with Crippen LogP contribution in [0, 0.1) is 0 Å². The highest BCUT2D eigenvalue weighted by atomic mass is 35.5. The maximum atomic E-state index is 11.8. The predicted molar refractivity (Wildman–Crippen MR) is 69.2 cm³/mol. The number of halogens is 1. The molecule has 1 aliphatic rings. The molecule has 0 aromatic heterocycles. The van der Waals surface area contributed by atoms with Crippen molar-refractivity contribution in [2.24, 2.45) is 0 Å². The summed E-state index contributed by atoms with van der Waals surface area (Å²) in [4.78, 5) is 24.8. The van der Waals surface area contributed by atoms with Crippen molar-refractivity contribution in [2.75, 3.05) is 20.1 Å². The van der Waals surface area contributed by atoms with E-state index in [9.17, 15) is 9.59 Å². The second-order valence-electron chi connectivity index (χ2n) is 4.57. The van der Waals surface area contributed by atoms with Crippen LogP contribution in [-0.4, -0.2) is 48.9 Å². The number of hydrogen-bond acceptors (Lipinski definition) is 3. The van der Waals surface area contributed by atoms with Crippen LogP contribution < -0.4 is 10.6 Å². The first-order chi connectivity index (χ1) is 7.50. The summed E-state index contributed by atoms with van der Waals surface area (Å²) >= 11 is 0. The standard InChI is InChI=1S/C11H21N3O2.ClH/c1-8(2)13-10(15)7-14(3)11(16)9-5-4-6-12-9;/h8-9,12H,4-7H2,1-3H3,(H,13,15);1H/t9-;/m0./s1. The largest absolute Gasteiger partial charge is 0.352 e. The van der Waals surface area contributed by atoms with Crippen molar-refractivity contribution >= 4 is 24.2 Å². The number of nitrogens with zero attached hydrogens (tertiary/aromatic N) is 1. The first-order valence-corrected chi connectivity index (χ1v) is 5.78. The maximum absolute atomic E-state index is 11.8. The van der Waals surface area contributed by atoms with Gasteiger partial charge in [-0.15, -0.1) is 12.4 Å². The maximum Gasteiger partial charge on any atom is 0.239 e. The minimum Gasteiger partial charge on any atom is -0.352 e. The normalized spacial score (nSPS) is 18.7. The molecular weight excluding hydrogens is 242 g/mol. The lowest BCUT2D eigenvalue weighted by Crippen LogP contribution is -2.46. The third-order valence-corrected chi connectivity index (χ3v) is 2.57. The highest BCUT2D eigenvalue weighted by molar-refractivity contribution is 5.87. The zero-order valence-electron chi connectivity index (χ0n) is 10.7. The Bertz CT molecular complexity index is 265. The van der Waals surface area contributed by atoms with E-state index < -0.39 is 0 Å². The molecular formula is C11H22ClN3O2. The molecule has 2 amide bonds. The molecule has 0 radical (unpaired) electrons. The number of likely N-dealkylation sites (N-methyl/N-ethyl adjacent to an activating group) is 1. The van der Waals surface area contributed by atoms with Gasteiger partial charge in [-0.2, -0.15) is 0 Å². The van der Waals surface area contributed by atoms with Gasteiger partial charge in [0.25, 0.3) is 0 Å². The van der Waals surface area contributed by atoms with Crippen LogP contribution >= 0.6 is 12.4 Å². The van der Waals surface area contributed by atoms with Gasteiger partial charge in [0.2, 0.25) is 11.8 Å². The minimum atomic E-state index is -0.108. The van der Waals surface area contributed by atoms with E-state index in [0.717, 1.165) is 19.4 Å². The third kappa shape index (κ3) is 5.37. The lowest BCUT2D eigenvalue weighted by Gasteiger charge is -2.21. The monoisotopic (exact) mass is 263 g/mol. The topological polar surface area (TPSA) is 61.4 Å². The van der Waals surface area contributed by atoms with Gasteiger partial charge in [0.15, 0.2) is 0 Å². The molecule has 1 aliphatic heterocycles. The molecule has 0 unspecified atom stereocenters. The highest BCUT2D eigenvalue weighted by Gasteiger charge is 2.25. The van der Waals surface area contributed by atoms with Gasteiger partial charge in [-0.25, -0.2) is 0 Å². The van der Waals surface area contributed by atoms with Crippen LogP contribution in [0.2, 0.25) is 0 Å². The summed E-state index contributed by atoms with van der Waals surface area (Å²) < 4.78 is 0. The Morgan fingerprint density at radius 3 is 2.59 bits per heavy atom. The van der Waals surface area contributed by atoms with Gasteiger partial charge in [0.05, 0.1) is 12.6 Å². The molecule has 1 saturated heterocycles. The lowest BCUT2D eigenvalue weighted by atomic mass is 10.2. The highest BCUT2D eigenvalue weighted by Crippen LogP contribution is 2.07. The van der Waals surface area contributed by atoms with E-state index in [2.05, 4.69) is 10.6 Å². The van der Waals surface area contributed by atoms with Crippen molar-refractivity contribution in [3.05, 3.63) is 0 Å². The second kappa shape index (κ2) is 7.50. The first kappa shape index (κ1) is 16.2. The Morgan fingerprint density at radius 1 is 1.47 bits per heavy atom. The first-order valence-electron chi connectivity index (χ1n) is 5.78. The van der Waals surface area contributed by atoms with Crippen LogP contribution in [0.5, 0.6) is 0 Å². The van der Waals surface area contributed by atoms with Crippen LogP contribution in [0.4, 0.5) is 0 Å². The van der Waals surface area contributed by atoms with Crippen molar-refractivity contribution in [1.82, 2.24) is 15.5 Å². The summed E-state index contributed by atoms with van der Waals surface area (Å²) in [7, 11) is 1.67.